The molecule has 0 aromatic rings. The number of hydrogen-bond acceptors (Lipinski definition) is 2. The van der Waals surface area contributed by atoms with E-state index in [2.05, 4.69) is 16.0 Å². The third-order valence-electron chi connectivity index (χ3n) is 0.817. The molecular weight excluding hydrogens is 173 g/mol. The van der Waals surface area contributed by atoms with Crippen molar-refractivity contribution in [2.24, 2.45) is 5.73 Å². The standard InChI is InChI=1S/C4H9NO2Se/c1-4(5,2-8)3(6)7/h8H,2,5H2,1H3,(H,6,7)/t4-/m0/s1. The maximum absolute atomic E-state index is 10.1. The van der Waals surface area contributed by atoms with Crippen LogP contribution in [0.1, 0.15) is 6.92 Å². The molecule has 0 aliphatic rings. The van der Waals surface area contributed by atoms with Crippen LogP contribution in [-0.2, 0) is 4.79 Å². The van der Waals surface area contributed by atoms with Gasteiger partial charge in [-0.3, -0.25) is 0 Å². The van der Waals surface area contributed by atoms with E-state index < -0.39 is 11.5 Å². The van der Waals surface area contributed by atoms with E-state index in [1.54, 1.807) is 0 Å². The van der Waals surface area contributed by atoms with Crippen LogP contribution in [0.25, 0.3) is 0 Å². The predicted octanol–water partition coefficient (Wildman–Crippen LogP) is -0.893. The zero-order valence-electron chi connectivity index (χ0n) is 4.59. The minimum absolute atomic E-state index is 0.398. The summed E-state index contributed by atoms with van der Waals surface area (Å²) < 4.78 is 0. The fraction of sp³-hybridized carbons (Fsp3) is 0.750. The molecule has 8 heavy (non-hydrogen) atoms. The summed E-state index contributed by atoms with van der Waals surface area (Å²) in [4.78, 5) is 10.1. The Bertz CT molecular complexity index is 102. The number of carboxylic acids is 1. The molecule has 0 radical (unpaired) electrons. The first kappa shape index (κ1) is 7.95. The van der Waals surface area contributed by atoms with Gasteiger partial charge in [-0.15, -0.1) is 0 Å². The van der Waals surface area contributed by atoms with Crippen molar-refractivity contribution in [3.63, 3.8) is 0 Å². The monoisotopic (exact) mass is 183 g/mol. The molecule has 0 amide bonds. The van der Waals surface area contributed by atoms with Gasteiger partial charge in [0.2, 0.25) is 0 Å². The van der Waals surface area contributed by atoms with Crippen molar-refractivity contribution in [1.82, 2.24) is 0 Å². The zero-order valence-corrected chi connectivity index (χ0v) is 6.46. The molecule has 0 aromatic heterocycles. The van der Waals surface area contributed by atoms with Crippen LogP contribution in [0.2, 0.25) is 5.32 Å². The summed E-state index contributed by atoms with van der Waals surface area (Å²) >= 11 is 2.15. The number of carboxylic acid groups (broad SMARTS) is 1. The molecule has 0 saturated carbocycles. The van der Waals surface area contributed by atoms with E-state index in [1.807, 2.05) is 0 Å². The van der Waals surface area contributed by atoms with E-state index in [4.69, 9.17) is 10.8 Å². The first-order valence-electron chi connectivity index (χ1n) is 2.14. The van der Waals surface area contributed by atoms with Crippen LogP contribution in [0, 0.1) is 0 Å². The topological polar surface area (TPSA) is 63.3 Å². The van der Waals surface area contributed by atoms with Gasteiger partial charge in [-0.2, -0.15) is 0 Å². The van der Waals surface area contributed by atoms with Gasteiger partial charge in [0.05, 0.1) is 0 Å². The first-order valence-corrected chi connectivity index (χ1v) is 3.46. The average molecular weight is 182 g/mol. The Labute approximate surface area is 56.1 Å². The Kier molecular flexibility index (Phi) is 2.47. The van der Waals surface area contributed by atoms with Gasteiger partial charge in [0.1, 0.15) is 0 Å². The van der Waals surface area contributed by atoms with Crippen LogP contribution in [0.15, 0.2) is 0 Å². The number of hydrogen-bond donors (Lipinski definition) is 2. The fourth-order valence-corrected chi connectivity index (χ4v) is 0.351. The van der Waals surface area contributed by atoms with Gasteiger partial charge in [0, 0.05) is 0 Å². The minimum atomic E-state index is -1.07. The van der Waals surface area contributed by atoms with E-state index in [0.717, 1.165) is 0 Å². The zero-order chi connectivity index (χ0) is 6.78. The second kappa shape index (κ2) is 2.48. The van der Waals surface area contributed by atoms with Gasteiger partial charge >= 0.3 is 55.4 Å². The quantitative estimate of drug-likeness (QED) is 0.544. The number of rotatable bonds is 2. The summed E-state index contributed by atoms with van der Waals surface area (Å²) in [5.41, 5.74) is 4.17. The van der Waals surface area contributed by atoms with Crippen molar-refractivity contribution in [2.75, 3.05) is 0 Å². The van der Waals surface area contributed by atoms with Crippen molar-refractivity contribution < 1.29 is 9.90 Å². The Balaban J connectivity index is 3.91. The van der Waals surface area contributed by atoms with E-state index in [1.165, 1.54) is 6.92 Å². The third kappa shape index (κ3) is 1.82. The molecule has 0 rings (SSSR count). The van der Waals surface area contributed by atoms with Gasteiger partial charge in [0.15, 0.2) is 0 Å². The summed E-state index contributed by atoms with van der Waals surface area (Å²) in [7, 11) is 0. The molecule has 0 spiro atoms. The molecule has 1 atom stereocenters. The van der Waals surface area contributed by atoms with Crippen molar-refractivity contribution in [1.29, 1.82) is 0 Å². The molecule has 0 fully saturated rings. The third-order valence-corrected chi connectivity index (χ3v) is 2.20. The Morgan fingerprint density at radius 2 is 2.38 bits per heavy atom. The molecule has 48 valence electrons. The second-order valence-corrected chi connectivity index (χ2v) is 2.54. The van der Waals surface area contributed by atoms with Crippen LogP contribution in [0.3, 0.4) is 0 Å². The maximum atomic E-state index is 10.1. The number of carbonyl (C=O) groups is 1. The van der Waals surface area contributed by atoms with E-state index in [0.29, 0.717) is 5.32 Å². The molecule has 0 saturated heterocycles. The van der Waals surface area contributed by atoms with Gasteiger partial charge < -0.3 is 0 Å². The molecule has 0 aliphatic heterocycles. The van der Waals surface area contributed by atoms with Gasteiger partial charge in [-0.1, -0.05) is 0 Å². The van der Waals surface area contributed by atoms with Crippen molar-refractivity contribution in [3.05, 3.63) is 0 Å². The molecule has 0 unspecified atom stereocenters. The van der Waals surface area contributed by atoms with E-state index >= 15 is 0 Å². The molecule has 3 nitrogen and oxygen atoms in total. The number of aliphatic carboxylic acids is 1. The molecule has 0 bridgehead atoms. The molecular formula is C4H9NO2Se. The fourth-order valence-electron chi connectivity index (χ4n) is 0.0676. The summed E-state index contributed by atoms with van der Waals surface area (Å²) in [5, 5.41) is 8.70. The second-order valence-electron chi connectivity index (χ2n) is 1.88. The Hall–Kier alpha value is -0.0505. The van der Waals surface area contributed by atoms with E-state index in [9.17, 15) is 4.79 Å². The van der Waals surface area contributed by atoms with Crippen molar-refractivity contribution in [2.45, 2.75) is 17.8 Å². The van der Waals surface area contributed by atoms with Crippen LogP contribution >= 0.6 is 0 Å². The summed E-state index contributed by atoms with van der Waals surface area (Å²) in [5.74, 6) is -0.960. The van der Waals surface area contributed by atoms with Gasteiger partial charge in [-0.05, 0) is 0 Å². The summed E-state index contributed by atoms with van der Waals surface area (Å²) in [6.45, 7) is 1.48. The molecule has 3 N–H and O–H groups in total. The molecule has 4 heteroatoms. The van der Waals surface area contributed by atoms with Crippen LogP contribution in [0.4, 0.5) is 0 Å². The van der Waals surface area contributed by atoms with Crippen LogP contribution < -0.4 is 5.73 Å². The molecule has 0 aromatic carbocycles. The Morgan fingerprint density at radius 3 is 2.38 bits per heavy atom. The summed E-state index contributed by atoms with van der Waals surface area (Å²) in [6.07, 6.45) is 0. The SMILES string of the molecule is C[C@](N)(C[SeH])C(=O)O. The predicted molar refractivity (Wildman–Crippen MR) is 32.2 cm³/mol. The average Bonchev–Trinajstić information content (AvgIpc) is 1.67. The number of nitrogens with two attached hydrogens (primary N) is 1. The van der Waals surface area contributed by atoms with Crippen LogP contribution in [0.5, 0.6) is 0 Å². The molecule has 0 aliphatic carbocycles. The van der Waals surface area contributed by atoms with E-state index in [-0.39, 0.29) is 0 Å². The van der Waals surface area contributed by atoms with Crippen molar-refractivity contribution >= 4 is 22.0 Å². The van der Waals surface area contributed by atoms with Crippen molar-refractivity contribution in [3.8, 4) is 0 Å². The normalized spacial score (nSPS) is 17.4. The summed E-state index contributed by atoms with van der Waals surface area (Å²) in [6, 6.07) is 0. The van der Waals surface area contributed by atoms with Gasteiger partial charge in [-0.25, -0.2) is 0 Å². The first-order chi connectivity index (χ1) is 3.50. The molecule has 0 heterocycles. The van der Waals surface area contributed by atoms with Gasteiger partial charge in [0.25, 0.3) is 0 Å². The van der Waals surface area contributed by atoms with Crippen LogP contribution in [-0.4, -0.2) is 32.6 Å². The Morgan fingerprint density at radius 1 is 2.00 bits per heavy atom.